The summed E-state index contributed by atoms with van der Waals surface area (Å²) in [5.41, 5.74) is 7.13. The van der Waals surface area contributed by atoms with Crippen LogP contribution in [0.1, 0.15) is 43.4 Å². The van der Waals surface area contributed by atoms with Gasteiger partial charge in [0.05, 0.1) is 0 Å². The minimum absolute atomic E-state index is 0. The number of hydrogen-bond donors (Lipinski definition) is 1. The van der Waals surface area contributed by atoms with E-state index < -0.39 is 5.41 Å². The van der Waals surface area contributed by atoms with Gasteiger partial charge in [0.25, 0.3) is 6.33 Å². The highest BCUT2D eigenvalue weighted by Gasteiger charge is 2.51. The van der Waals surface area contributed by atoms with Gasteiger partial charge in [-0.1, -0.05) is 60.7 Å². The summed E-state index contributed by atoms with van der Waals surface area (Å²) in [6, 6.07) is 19.9. The van der Waals surface area contributed by atoms with Gasteiger partial charge in [-0.15, -0.1) is 4.68 Å². The lowest BCUT2D eigenvalue weighted by molar-refractivity contribution is -0.685. The molecule has 0 radical (unpaired) electrons. The van der Waals surface area contributed by atoms with Crippen molar-refractivity contribution in [1.29, 1.82) is 0 Å². The van der Waals surface area contributed by atoms with Gasteiger partial charge >= 0.3 is 0 Å². The third kappa shape index (κ3) is 4.32. The molecule has 2 aromatic carbocycles. The van der Waals surface area contributed by atoms with Gasteiger partial charge < -0.3 is 22.7 Å². The van der Waals surface area contributed by atoms with Crippen molar-refractivity contribution in [3.05, 3.63) is 84.4 Å². The Hall–Kier alpha value is -2.80. The molecule has 1 fully saturated rings. The molecule has 2 N–H and O–H groups in total. The summed E-state index contributed by atoms with van der Waals surface area (Å²) < 4.78 is 3.72. The number of nitrogens with zero attached hydrogens (tertiary/aromatic N) is 3. The number of rotatable bonds is 7. The molecule has 1 aliphatic rings. The van der Waals surface area contributed by atoms with Gasteiger partial charge in [-0.2, -0.15) is 0 Å². The van der Waals surface area contributed by atoms with Crippen LogP contribution in [0, 0.1) is 5.92 Å². The van der Waals surface area contributed by atoms with Gasteiger partial charge in [-0.05, 0) is 43.2 Å². The minimum Gasteiger partial charge on any atom is -1.00 e. The molecule has 1 saturated carbocycles. The third-order valence-corrected chi connectivity index (χ3v) is 6.24. The number of hydrogen-bond acceptors (Lipinski definition) is 3. The van der Waals surface area contributed by atoms with Crippen molar-refractivity contribution in [3.63, 3.8) is 0 Å². The van der Waals surface area contributed by atoms with E-state index in [-0.39, 0.29) is 40.6 Å². The summed E-state index contributed by atoms with van der Waals surface area (Å²) in [4.78, 5) is 24.5. The molecule has 7 heteroatoms. The zero-order valence-electron chi connectivity index (χ0n) is 17.5. The number of ketones is 1. The Bertz CT molecular complexity index is 997. The lowest BCUT2D eigenvalue weighted by Gasteiger charge is -2.37. The predicted molar refractivity (Wildman–Crippen MR) is 112 cm³/mol. The van der Waals surface area contributed by atoms with Gasteiger partial charge in [-0.25, -0.2) is 4.57 Å². The average molecular weight is 483 g/mol. The summed E-state index contributed by atoms with van der Waals surface area (Å²) in [7, 11) is 0. The summed E-state index contributed by atoms with van der Waals surface area (Å²) in [5.74, 6) is -0.183. The minimum atomic E-state index is -0.889. The van der Waals surface area contributed by atoms with Gasteiger partial charge in [0.2, 0.25) is 12.2 Å². The molecule has 162 valence electrons. The molecule has 3 aromatic rings. The molecule has 6 nitrogen and oxygen atoms in total. The molecule has 0 bridgehead atoms. The largest absolute Gasteiger partial charge is 1.00 e. The lowest BCUT2D eigenvalue weighted by Crippen LogP contribution is -3.00. The van der Waals surface area contributed by atoms with E-state index in [9.17, 15) is 9.59 Å². The molecule has 4 rings (SSSR count). The van der Waals surface area contributed by atoms with Gasteiger partial charge in [0.1, 0.15) is 18.0 Å². The summed E-state index contributed by atoms with van der Waals surface area (Å²) >= 11 is 0. The molecule has 0 aliphatic heterocycles. The van der Waals surface area contributed by atoms with E-state index in [1.165, 1.54) is 0 Å². The van der Waals surface area contributed by atoms with E-state index >= 15 is 0 Å². The molecule has 0 unspecified atom stereocenters. The van der Waals surface area contributed by atoms with Gasteiger partial charge in [0, 0.05) is 5.10 Å². The molecule has 0 saturated heterocycles. The highest BCUT2D eigenvalue weighted by atomic mass is 79.9. The third-order valence-electron chi connectivity index (χ3n) is 6.24. The van der Waals surface area contributed by atoms with Crippen LogP contribution in [0.2, 0.25) is 0 Å². The fourth-order valence-corrected chi connectivity index (χ4v) is 4.98. The zero-order valence-corrected chi connectivity index (χ0v) is 19.1. The van der Waals surface area contributed by atoms with E-state index in [0.717, 1.165) is 30.4 Å². The Morgan fingerprint density at radius 1 is 1.06 bits per heavy atom. The molecule has 1 heterocycles. The van der Waals surface area contributed by atoms with Gasteiger partial charge in [-0.3, -0.25) is 9.59 Å². The number of nitrogens with two attached hydrogens (primary N) is 1. The maximum atomic E-state index is 13.1. The van der Waals surface area contributed by atoms with E-state index in [0.29, 0.717) is 6.54 Å². The van der Waals surface area contributed by atoms with E-state index in [2.05, 4.69) is 5.10 Å². The molecule has 1 aliphatic carbocycles. The van der Waals surface area contributed by atoms with Crippen molar-refractivity contribution in [3.8, 4) is 0 Å². The Kier molecular flexibility index (Phi) is 7.05. The van der Waals surface area contributed by atoms with E-state index in [4.69, 9.17) is 5.73 Å². The first-order valence-corrected chi connectivity index (χ1v) is 10.4. The van der Waals surface area contributed by atoms with Crippen LogP contribution in [0.5, 0.6) is 0 Å². The first-order valence-electron chi connectivity index (χ1n) is 10.4. The van der Waals surface area contributed by atoms with Crippen LogP contribution in [0.15, 0.2) is 73.3 Å². The van der Waals surface area contributed by atoms with Crippen molar-refractivity contribution < 1.29 is 31.1 Å². The Labute approximate surface area is 192 Å². The fraction of sp³-hybridized carbons (Fsp3) is 0.333. The second kappa shape index (κ2) is 9.56. The molecule has 31 heavy (non-hydrogen) atoms. The summed E-state index contributed by atoms with van der Waals surface area (Å²) in [5, 5.41) is 4.47. The maximum absolute atomic E-state index is 13.1. The first kappa shape index (κ1) is 22.9. The predicted octanol–water partition coefficient (Wildman–Crippen LogP) is -0.424. The summed E-state index contributed by atoms with van der Waals surface area (Å²) in [6.45, 7) is 1.88. The summed E-state index contributed by atoms with van der Waals surface area (Å²) in [6.07, 6.45) is 6.12. The van der Waals surface area contributed by atoms with Crippen molar-refractivity contribution in [1.82, 2.24) is 9.78 Å². The Morgan fingerprint density at radius 3 is 2.16 bits per heavy atom. The number of halogens is 1. The molecular weight excluding hydrogens is 456 g/mol. The standard InChI is InChI=1S/C24H26N4O2.BrH/c1-18(29)15-27-16-26-28(17-27)22-13-12-21(14-22)24(23(25)30,19-8-4-2-5-9-19)20-10-6-3-7-11-20;/h2-11,16-17,21-22H,12-15H2,1H3,(H-,25,30);1H/t21-,22+;/m0./s1. The van der Waals surface area contributed by atoms with E-state index in [1.807, 2.05) is 71.7 Å². The number of primary amides is 1. The van der Waals surface area contributed by atoms with Crippen molar-refractivity contribution in [2.24, 2.45) is 11.7 Å². The van der Waals surface area contributed by atoms with Crippen LogP contribution in [0.4, 0.5) is 0 Å². The van der Waals surface area contributed by atoms with Crippen LogP contribution < -0.4 is 27.3 Å². The Balaban J connectivity index is 0.00000272. The van der Waals surface area contributed by atoms with Crippen LogP contribution in [0.25, 0.3) is 0 Å². The highest BCUT2D eigenvalue weighted by Crippen LogP contribution is 2.49. The van der Waals surface area contributed by atoms with Crippen LogP contribution in [-0.4, -0.2) is 21.5 Å². The quantitative estimate of drug-likeness (QED) is 0.464. The average Bonchev–Trinajstić information content (AvgIpc) is 3.40. The Morgan fingerprint density at radius 2 is 1.65 bits per heavy atom. The van der Waals surface area contributed by atoms with E-state index in [1.54, 1.807) is 17.8 Å². The fourth-order valence-electron chi connectivity index (χ4n) is 4.98. The smallest absolute Gasteiger partial charge is 0.265 e. The monoisotopic (exact) mass is 482 g/mol. The second-order valence-corrected chi connectivity index (χ2v) is 8.17. The SMILES string of the molecule is CC(=O)C[n+]1cnn([C@@H]2CC[C@H](C(C(N)=O)(c3ccccc3)c3ccccc3)C2)c1.[Br-]. The second-order valence-electron chi connectivity index (χ2n) is 8.17. The van der Waals surface area contributed by atoms with Crippen LogP contribution >= 0.6 is 0 Å². The van der Waals surface area contributed by atoms with Crippen molar-refractivity contribution in [2.45, 2.75) is 44.2 Å². The van der Waals surface area contributed by atoms with Crippen molar-refractivity contribution >= 4 is 11.7 Å². The number of Topliss-reactive ketones (excluding diaryl/α,β-unsaturated/α-hetero) is 1. The number of carbonyl (C=O) groups is 2. The number of benzene rings is 2. The number of amides is 1. The number of carbonyl (C=O) groups excluding carboxylic acids is 2. The molecular formula is C24H27BrN4O2. The molecule has 2 atom stereocenters. The molecule has 1 amide bonds. The maximum Gasteiger partial charge on any atom is 0.265 e. The molecule has 0 spiro atoms. The topological polar surface area (TPSA) is 81.9 Å². The zero-order chi connectivity index (χ0) is 21.1. The van der Waals surface area contributed by atoms with Crippen molar-refractivity contribution in [2.75, 3.05) is 0 Å². The van der Waals surface area contributed by atoms with Crippen LogP contribution in [0.3, 0.4) is 0 Å². The number of aromatic nitrogens is 3. The molecule has 1 aromatic heterocycles. The van der Waals surface area contributed by atoms with Gasteiger partial charge in [0.15, 0.2) is 5.78 Å². The first-order chi connectivity index (χ1) is 14.5. The normalized spacial score (nSPS) is 18.4. The van der Waals surface area contributed by atoms with Crippen LogP contribution in [-0.2, 0) is 21.5 Å². The highest BCUT2D eigenvalue weighted by molar-refractivity contribution is 5.91. The lowest BCUT2D eigenvalue weighted by atomic mass is 9.64.